The number of aromatic nitrogens is 1. The Balaban J connectivity index is 0.00000256. The molecule has 0 atom stereocenters. The van der Waals surface area contributed by atoms with Crippen molar-refractivity contribution in [1.29, 1.82) is 0 Å². The molecule has 1 aromatic rings. The molecule has 3 heteroatoms. The van der Waals surface area contributed by atoms with Crippen LogP contribution in [0, 0.1) is 0 Å². The molecule has 0 unspecified atom stereocenters. The maximum Gasteiger partial charge on any atom is 0.0312 e. The van der Waals surface area contributed by atoms with Gasteiger partial charge in [0, 0.05) is 18.9 Å². The highest BCUT2D eigenvalue weighted by atomic mass is 35.5. The summed E-state index contributed by atoms with van der Waals surface area (Å²) >= 11 is 0. The van der Waals surface area contributed by atoms with Gasteiger partial charge in [-0.2, -0.15) is 0 Å². The van der Waals surface area contributed by atoms with Crippen LogP contribution in [0.15, 0.2) is 24.5 Å². The van der Waals surface area contributed by atoms with Crippen molar-refractivity contribution in [2.75, 3.05) is 6.54 Å². The zero-order valence-corrected chi connectivity index (χ0v) is 11.6. The molecule has 1 rings (SSSR count). The fourth-order valence-electron chi connectivity index (χ4n) is 1.77. The Kier molecular flexibility index (Phi) is 11.5. The van der Waals surface area contributed by atoms with Crippen LogP contribution in [0.5, 0.6) is 0 Å². The first-order valence-electron chi connectivity index (χ1n) is 6.53. The quantitative estimate of drug-likeness (QED) is 0.677. The predicted molar refractivity (Wildman–Crippen MR) is 76.6 cm³/mol. The summed E-state index contributed by atoms with van der Waals surface area (Å²) in [6, 6.07) is 4.10. The first-order chi connectivity index (χ1) is 7.93. The van der Waals surface area contributed by atoms with Gasteiger partial charge >= 0.3 is 0 Å². The van der Waals surface area contributed by atoms with Gasteiger partial charge in [0.1, 0.15) is 0 Å². The number of halogens is 1. The lowest BCUT2D eigenvalue weighted by Crippen LogP contribution is -2.14. The van der Waals surface area contributed by atoms with E-state index in [1.807, 2.05) is 18.5 Å². The van der Waals surface area contributed by atoms with Crippen LogP contribution in [0.25, 0.3) is 0 Å². The number of nitrogens with one attached hydrogen (secondary N) is 1. The van der Waals surface area contributed by atoms with E-state index in [9.17, 15) is 0 Å². The first kappa shape index (κ1) is 16.4. The molecule has 2 nitrogen and oxygen atoms in total. The van der Waals surface area contributed by atoms with Crippen LogP contribution >= 0.6 is 12.4 Å². The Morgan fingerprint density at radius 3 is 2.59 bits per heavy atom. The van der Waals surface area contributed by atoms with Crippen LogP contribution in [-0.2, 0) is 6.54 Å². The van der Waals surface area contributed by atoms with E-state index in [2.05, 4.69) is 23.3 Å². The van der Waals surface area contributed by atoms with Gasteiger partial charge in [-0.25, -0.2) is 0 Å². The minimum Gasteiger partial charge on any atom is -0.313 e. The Morgan fingerprint density at radius 1 is 1.12 bits per heavy atom. The Labute approximate surface area is 112 Å². The second-order valence-corrected chi connectivity index (χ2v) is 4.31. The van der Waals surface area contributed by atoms with Gasteiger partial charge in [0.15, 0.2) is 0 Å². The smallest absolute Gasteiger partial charge is 0.0312 e. The highest BCUT2D eigenvalue weighted by Gasteiger charge is 1.92. The predicted octanol–water partition coefficient (Wildman–Crippen LogP) is 3.95. The average molecular weight is 257 g/mol. The van der Waals surface area contributed by atoms with Gasteiger partial charge in [0.05, 0.1) is 0 Å². The molecule has 0 fully saturated rings. The molecule has 0 saturated heterocycles. The third-order valence-electron chi connectivity index (χ3n) is 2.76. The summed E-state index contributed by atoms with van der Waals surface area (Å²) in [6.45, 7) is 4.33. The normalized spacial score (nSPS) is 9.94. The molecule has 0 amide bonds. The summed E-state index contributed by atoms with van der Waals surface area (Å²) in [5, 5.41) is 3.45. The molecule has 98 valence electrons. The van der Waals surface area contributed by atoms with Crippen LogP contribution in [0.3, 0.4) is 0 Å². The molecule has 1 aromatic heterocycles. The molecular formula is C14H25ClN2. The highest BCUT2D eigenvalue weighted by Crippen LogP contribution is 2.04. The number of hydrogen-bond donors (Lipinski definition) is 1. The van der Waals surface area contributed by atoms with E-state index < -0.39 is 0 Å². The Hall–Kier alpha value is -0.600. The lowest BCUT2D eigenvalue weighted by molar-refractivity contribution is 0.571. The molecule has 1 heterocycles. The number of hydrogen-bond acceptors (Lipinski definition) is 2. The summed E-state index contributed by atoms with van der Waals surface area (Å²) < 4.78 is 0. The van der Waals surface area contributed by atoms with Gasteiger partial charge < -0.3 is 5.32 Å². The first-order valence-corrected chi connectivity index (χ1v) is 6.53. The molecule has 0 bridgehead atoms. The summed E-state index contributed by atoms with van der Waals surface area (Å²) in [4.78, 5) is 4.09. The van der Waals surface area contributed by atoms with Gasteiger partial charge in [-0.05, 0) is 24.6 Å². The number of rotatable bonds is 9. The van der Waals surface area contributed by atoms with Crippen LogP contribution < -0.4 is 5.32 Å². The monoisotopic (exact) mass is 256 g/mol. The van der Waals surface area contributed by atoms with Gasteiger partial charge in [-0.1, -0.05) is 45.1 Å². The van der Waals surface area contributed by atoms with E-state index in [1.165, 1.54) is 44.1 Å². The molecule has 1 N–H and O–H groups in total. The van der Waals surface area contributed by atoms with E-state index in [4.69, 9.17) is 0 Å². The maximum absolute atomic E-state index is 4.09. The van der Waals surface area contributed by atoms with Gasteiger partial charge in [-0.3, -0.25) is 4.98 Å². The van der Waals surface area contributed by atoms with Crippen molar-refractivity contribution < 1.29 is 0 Å². The summed E-state index contributed by atoms with van der Waals surface area (Å²) in [6.07, 6.45) is 11.9. The summed E-state index contributed by atoms with van der Waals surface area (Å²) in [7, 11) is 0. The standard InChI is InChI=1S/C14H24N2.ClH/c1-2-3-4-5-6-7-10-15-12-14-9-8-11-16-13-14;/h8-9,11,13,15H,2-7,10,12H2,1H3;1H. The molecule has 0 radical (unpaired) electrons. The van der Waals surface area contributed by atoms with Crippen molar-refractivity contribution in [3.63, 3.8) is 0 Å². The van der Waals surface area contributed by atoms with Crippen LogP contribution in [0.4, 0.5) is 0 Å². The second-order valence-electron chi connectivity index (χ2n) is 4.31. The average Bonchev–Trinajstić information content (AvgIpc) is 2.34. The zero-order chi connectivity index (χ0) is 11.5. The SMILES string of the molecule is CCCCCCCCNCc1cccnc1.Cl. The van der Waals surface area contributed by atoms with Crippen LogP contribution in [0.2, 0.25) is 0 Å². The molecular weight excluding hydrogens is 232 g/mol. The molecule has 0 spiro atoms. The van der Waals surface area contributed by atoms with Crippen LogP contribution in [-0.4, -0.2) is 11.5 Å². The third-order valence-corrected chi connectivity index (χ3v) is 2.76. The number of nitrogens with zero attached hydrogens (tertiary/aromatic N) is 1. The molecule has 0 aliphatic heterocycles. The van der Waals surface area contributed by atoms with Gasteiger partial charge in [-0.15, -0.1) is 12.4 Å². The van der Waals surface area contributed by atoms with Crippen molar-refractivity contribution in [2.24, 2.45) is 0 Å². The van der Waals surface area contributed by atoms with Gasteiger partial charge in [0.25, 0.3) is 0 Å². The lowest BCUT2D eigenvalue weighted by Gasteiger charge is -2.04. The van der Waals surface area contributed by atoms with E-state index in [0.717, 1.165) is 13.1 Å². The Bertz CT molecular complexity index is 252. The van der Waals surface area contributed by atoms with E-state index >= 15 is 0 Å². The second kappa shape index (κ2) is 11.9. The minimum absolute atomic E-state index is 0. The molecule has 17 heavy (non-hydrogen) atoms. The van der Waals surface area contributed by atoms with Crippen molar-refractivity contribution in [3.05, 3.63) is 30.1 Å². The third kappa shape index (κ3) is 9.13. The van der Waals surface area contributed by atoms with Crippen molar-refractivity contribution in [2.45, 2.75) is 52.0 Å². The molecule has 0 aromatic carbocycles. The summed E-state index contributed by atoms with van der Waals surface area (Å²) in [5.74, 6) is 0. The van der Waals surface area contributed by atoms with Crippen molar-refractivity contribution in [1.82, 2.24) is 10.3 Å². The number of unbranched alkanes of at least 4 members (excludes halogenated alkanes) is 5. The highest BCUT2D eigenvalue weighted by molar-refractivity contribution is 5.85. The Morgan fingerprint density at radius 2 is 1.88 bits per heavy atom. The fraction of sp³-hybridized carbons (Fsp3) is 0.643. The zero-order valence-electron chi connectivity index (χ0n) is 10.8. The van der Waals surface area contributed by atoms with E-state index in [0.29, 0.717) is 0 Å². The van der Waals surface area contributed by atoms with Crippen molar-refractivity contribution >= 4 is 12.4 Å². The van der Waals surface area contributed by atoms with Gasteiger partial charge in [0.2, 0.25) is 0 Å². The van der Waals surface area contributed by atoms with E-state index in [-0.39, 0.29) is 12.4 Å². The largest absolute Gasteiger partial charge is 0.313 e. The van der Waals surface area contributed by atoms with Crippen LogP contribution in [0.1, 0.15) is 51.0 Å². The summed E-state index contributed by atoms with van der Waals surface area (Å²) in [5.41, 5.74) is 1.27. The molecule has 0 aliphatic rings. The molecule has 0 aliphatic carbocycles. The topological polar surface area (TPSA) is 24.9 Å². The van der Waals surface area contributed by atoms with E-state index in [1.54, 1.807) is 0 Å². The minimum atomic E-state index is 0. The maximum atomic E-state index is 4.09. The number of pyridine rings is 1. The molecule has 0 saturated carbocycles. The lowest BCUT2D eigenvalue weighted by atomic mass is 10.1. The fourth-order valence-corrected chi connectivity index (χ4v) is 1.77. The van der Waals surface area contributed by atoms with Crippen molar-refractivity contribution in [3.8, 4) is 0 Å².